The van der Waals surface area contributed by atoms with Crippen LogP contribution in [-0.4, -0.2) is 44.6 Å². The Morgan fingerprint density at radius 2 is 2.00 bits per heavy atom. The monoisotopic (exact) mass is 344 g/mol. The first-order chi connectivity index (χ1) is 11.7. The molecule has 1 aliphatic heterocycles. The van der Waals surface area contributed by atoms with Crippen molar-refractivity contribution in [1.82, 2.24) is 19.9 Å². The highest BCUT2D eigenvalue weighted by Crippen LogP contribution is 2.59. The molecule has 2 fully saturated rings. The zero-order chi connectivity index (χ0) is 17.8. The van der Waals surface area contributed by atoms with Crippen LogP contribution < -0.4 is 0 Å². The second-order valence-corrected chi connectivity index (χ2v) is 9.47. The van der Waals surface area contributed by atoms with E-state index in [1.54, 1.807) is 19.4 Å². The molecule has 1 N–H and O–H groups in total. The molecule has 0 aromatic carbocycles. The van der Waals surface area contributed by atoms with E-state index in [1.165, 1.54) is 12.8 Å². The molecule has 0 spiro atoms. The quantitative estimate of drug-likeness (QED) is 0.853. The molecule has 1 saturated carbocycles. The molecular formula is C20H32N4O. The van der Waals surface area contributed by atoms with Crippen molar-refractivity contribution >= 4 is 0 Å². The second-order valence-electron chi connectivity index (χ2n) is 9.47. The van der Waals surface area contributed by atoms with Gasteiger partial charge in [-0.05, 0) is 56.8 Å². The molecular weight excluding hydrogens is 312 g/mol. The fourth-order valence-electron chi connectivity index (χ4n) is 4.99. The van der Waals surface area contributed by atoms with Gasteiger partial charge in [-0.3, -0.25) is 4.90 Å². The summed E-state index contributed by atoms with van der Waals surface area (Å²) in [6.45, 7) is 11.8. The lowest BCUT2D eigenvalue weighted by atomic mass is 9.49. The summed E-state index contributed by atoms with van der Waals surface area (Å²) >= 11 is 0. The molecule has 1 aromatic heterocycles. The number of aliphatic hydroxyl groups is 1. The second kappa shape index (κ2) is 5.92. The highest BCUT2D eigenvalue weighted by Gasteiger charge is 2.51. The molecule has 0 unspecified atom stereocenters. The number of aromatic nitrogens is 3. The Hall–Kier alpha value is -1.20. The van der Waals surface area contributed by atoms with Crippen LogP contribution in [0.25, 0.3) is 0 Å². The van der Waals surface area contributed by atoms with E-state index >= 15 is 0 Å². The van der Waals surface area contributed by atoms with Gasteiger partial charge < -0.3 is 5.11 Å². The summed E-state index contributed by atoms with van der Waals surface area (Å²) < 4.78 is 1.96. The molecule has 0 amide bonds. The highest BCUT2D eigenvalue weighted by molar-refractivity contribution is 5.24. The number of allylic oxidation sites excluding steroid dienone is 1. The zero-order valence-corrected chi connectivity index (χ0v) is 16.1. The largest absolute Gasteiger partial charge is 0.384 e. The van der Waals surface area contributed by atoms with Crippen LogP contribution >= 0.6 is 0 Å². The number of fused-ring (bicyclic) bond motifs is 1. The molecule has 3 aliphatic carbocycles. The van der Waals surface area contributed by atoms with E-state index in [-0.39, 0.29) is 0 Å². The maximum Gasteiger partial charge on any atom is 0.114 e. The molecule has 1 saturated heterocycles. The van der Waals surface area contributed by atoms with Crippen molar-refractivity contribution in [3.05, 3.63) is 23.5 Å². The van der Waals surface area contributed by atoms with Crippen molar-refractivity contribution in [2.24, 2.45) is 17.3 Å². The maximum absolute atomic E-state index is 10.1. The number of hydrogen-bond donors (Lipinski definition) is 1. The van der Waals surface area contributed by atoms with Gasteiger partial charge in [0.25, 0.3) is 0 Å². The van der Waals surface area contributed by atoms with E-state index < -0.39 is 5.60 Å². The lowest BCUT2D eigenvalue weighted by molar-refractivity contribution is -0.0115. The summed E-state index contributed by atoms with van der Waals surface area (Å²) in [6, 6.07) is 0.407. The van der Waals surface area contributed by atoms with E-state index in [2.05, 4.69) is 35.1 Å². The molecule has 5 nitrogen and oxygen atoms in total. The van der Waals surface area contributed by atoms with Crippen LogP contribution in [0.2, 0.25) is 0 Å². The first-order valence-electron chi connectivity index (χ1n) is 9.81. The van der Waals surface area contributed by atoms with E-state index in [9.17, 15) is 5.11 Å². The SMILES string of the molecule is CC(C)(O)c1cn(C2CCN(CC3=CC[C@H]4C[C@@H]3C4(C)C)CC2)nn1. The Morgan fingerprint density at radius 1 is 1.28 bits per heavy atom. The molecule has 25 heavy (non-hydrogen) atoms. The lowest BCUT2D eigenvalue weighted by Gasteiger charge is -2.57. The fourth-order valence-corrected chi connectivity index (χ4v) is 4.99. The predicted octanol–water partition coefficient (Wildman–Crippen LogP) is 3.13. The Kier molecular flexibility index (Phi) is 4.08. The first-order valence-corrected chi connectivity index (χ1v) is 9.81. The van der Waals surface area contributed by atoms with Gasteiger partial charge in [0.15, 0.2) is 0 Å². The predicted molar refractivity (Wildman–Crippen MR) is 98.1 cm³/mol. The molecule has 2 atom stereocenters. The van der Waals surface area contributed by atoms with Crippen LogP contribution in [0.15, 0.2) is 17.8 Å². The molecule has 4 aliphatic rings. The zero-order valence-electron chi connectivity index (χ0n) is 16.1. The van der Waals surface area contributed by atoms with Gasteiger partial charge in [0.05, 0.1) is 12.2 Å². The molecule has 5 rings (SSSR count). The topological polar surface area (TPSA) is 54.2 Å². The van der Waals surface area contributed by atoms with Crippen LogP contribution in [0.1, 0.15) is 65.1 Å². The number of hydrogen-bond acceptors (Lipinski definition) is 4. The van der Waals surface area contributed by atoms with E-state index in [4.69, 9.17) is 0 Å². The fraction of sp³-hybridized carbons (Fsp3) is 0.800. The summed E-state index contributed by atoms with van der Waals surface area (Å²) in [6.07, 6.45) is 9.36. The van der Waals surface area contributed by atoms with Gasteiger partial charge in [-0.15, -0.1) is 5.10 Å². The van der Waals surface area contributed by atoms with Gasteiger partial charge >= 0.3 is 0 Å². The van der Waals surface area contributed by atoms with Crippen molar-refractivity contribution in [1.29, 1.82) is 0 Å². The normalized spacial score (nSPS) is 30.0. The molecule has 0 radical (unpaired) electrons. The third kappa shape index (κ3) is 3.06. The average Bonchev–Trinajstić information content (AvgIpc) is 3.06. The minimum absolute atomic E-state index is 0.407. The third-order valence-electron chi connectivity index (χ3n) is 7.06. The van der Waals surface area contributed by atoms with Crippen molar-refractivity contribution in [2.75, 3.05) is 19.6 Å². The summed E-state index contributed by atoms with van der Waals surface area (Å²) in [5.41, 5.74) is 1.95. The van der Waals surface area contributed by atoms with Gasteiger partial charge in [0, 0.05) is 19.6 Å². The Morgan fingerprint density at radius 3 is 2.56 bits per heavy atom. The Labute approximate surface area is 151 Å². The van der Waals surface area contributed by atoms with E-state index in [0.717, 1.165) is 44.3 Å². The van der Waals surface area contributed by atoms with Gasteiger partial charge in [-0.25, -0.2) is 4.68 Å². The van der Waals surface area contributed by atoms with E-state index in [1.807, 2.05) is 10.9 Å². The average molecular weight is 345 g/mol. The summed E-state index contributed by atoms with van der Waals surface area (Å²) in [5.74, 6) is 1.73. The summed E-state index contributed by atoms with van der Waals surface area (Å²) in [7, 11) is 0. The molecule has 1 aromatic rings. The molecule has 138 valence electrons. The van der Waals surface area contributed by atoms with Gasteiger partial charge in [-0.1, -0.05) is 30.7 Å². The maximum atomic E-state index is 10.1. The number of nitrogens with zero attached hydrogens (tertiary/aromatic N) is 4. The van der Waals surface area contributed by atoms with Crippen molar-refractivity contribution in [2.45, 2.75) is 65.0 Å². The van der Waals surface area contributed by atoms with Crippen LogP contribution in [0.3, 0.4) is 0 Å². The van der Waals surface area contributed by atoms with Gasteiger partial charge in [0.2, 0.25) is 0 Å². The number of likely N-dealkylation sites (tertiary alicyclic amines) is 1. The van der Waals surface area contributed by atoms with Crippen molar-refractivity contribution in [3.8, 4) is 0 Å². The molecule has 5 heteroatoms. The number of rotatable bonds is 4. The Balaban J connectivity index is 1.33. The third-order valence-corrected chi connectivity index (χ3v) is 7.06. The van der Waals surface area contributed by atoms with Crippen LogP contribution in [0, 0.1) is 17.3 Å². The minimum atomic E-state index is -0.917. The smallest absolute Gasteiger partial charge is 0.114 e. The van der Waals surface area contributed by atoms with Gasteiger partial charge in [-0.2, -0.15) is 0 Å². The molecule has 2 bridgehead atoms. The van der Waals surface area contributed by atoms with E-state index in [0.29, 0.717) is 17.2 Å². The van der Waals surface area contributed by atoms with Crippen LogP contribution in [-0.2, 0) is 5.60 Å². The first kappa shape index (κ1) is 17.2. The lowest BCUT2D eigenvalue weighted by Crippen LogP contribution is -2.50. The molecule has 2 heterocycles. The van der Waals surface area contributed by atoms with Crippen molar-refractivity contribution < 1.29 is 5.11 Å². The highest BCUT2D eigenvalue weighted by atomic mass is 16.3. The Bertz CT molecular complexity index is 661. The van der Waals surface area contributed by atoms with Gasteiger partial charge in [0.1, 0.15) is 11.3 Å². The standard InChI is InChI=1S/C20H32N4O/c1-19(2)15-6-5-14(17(19)11-15)12-23-9-7-16(8-10-23)24-13-18(21-22-24)20(3,4)25/h5,13,15-17,25H,6-12H2,1-4H3/t15-,17-/m0/s1. The summed E-state index contributed by atoms with van der Waals surface area (Å²) in [4.78, 5) is 2.62. The van der Waals surface area contributed by atoms with Crippen LogP contribution in [0.5, 0.6) is 0 Å². The minimum Gasteiger partial charge on any atom is -0.384 e. The number of piperidine rings is 1. The summed E-state index contributed by atoms with van der Waals surface area (Å²) in [5, 5.41) is 18.5. The van der Waals surface area contributed by atoms with Crippen molar-refractivity contribution in [3.63, 3.8) is 0 Å². The van der Waals surface area contributed by atoms with Crippen LogP contribution in [0.4, 0.5) is 0 Å².